The molecule has 0 radical (unpaired) electrons. The molecule has 0 amide bonds. The molecule has 0 heterocycles. The van der Waals surface area contributed by atoms with Crippen LogP contribution in [0.1, 0.15) is 11.1 Å². The normalized spacial score (nSPS) is 10.2. The summed E-state index contributed by atoms with van der Waals surface area (Å²) < 4.78 is 10.6. The van der Waals surface area contributed by atoms with Gasteiger partial charge >= 0.3 is 24.4 Å². The van der Waals surface area contributed by atoms with Crippen molar-refractivity contribution in [3.05, 3.63) is 95.0 Å². The van der Waals surface area contributed by atoms with E-state index in [1.165, 1.54) is 0 Å². The molecular weight excluding hydrogens is 432 g/mol. The minimum atomic E-state index is -0.781. The highest BCUT2D eigenvalue weighted by molar-refractivity contribution is 6.21. The van der Waals surface area contributed by atoms with Crippen LogP contribution in [0.15, 0.2) is 72.8 Å². The number of ether oxygens (including phenoxy) is 2. The average Bonchev–Trinajstić information content (AvgIpc) is 2.86. The van der Waals surface area contributed by atoms with Crippen molar-refractivity contribution in [3.8, 4) is 11.1 Å². The van der Waals surface area contributed by atoms with E-state index in [2.05, 4.69) is 9.58 Å². The second-order valence-electron chi connectivity index (χ2n) is 7.35. The largest absolute Gasteiger partial charge is 0.452 e. The Kier molecular flexibility index (Phi) is 6.65. The fourth-order valence-corrected chi connectivity index (χ4v) is 3.93. The van der Waals surface area contributed by atoms with E-state index in [9.17, 15) is 9.59 Å². The Morgan fingerprint density at radius 3 is 1.47 bits per heavy atom. The van der Waals surface area contributed by atoms with Crippen LogP contribution in [-0.4, -0.2) is 33.9 Å². The number of hydrogen-bond donors (Lipinski definition) is 0. The Morgan fingerprint density at radius 2 is 1.06 bits per heavy atom. The molecule has 8 heteroatoms. The van der Waals surface area contributed by atoms with Gasteiger partial charge in [0, 0.05) is 0 Å². The number of esters is 2. The van der Waals surface area contributed by atoms with Gasteiger partial charge < -0.3 is 20.5 Å². The minimum absolute atomic E-state index is 0.0648. The fourth-order valence-electron chi connectivity index (χ4n) is 3.93. The molecule has 0 saturated carbocycles. The summed E-state index contributed by atoms with van der Waals surface area (Å²) in [5.41, 5.74) is 20.3. The first-order valence-electron chi connectivity index (χ1n) is 10.3. The van der Waals surface area contributed by atoms with Crippen molar-refractivity contribution >= 4 is 45.9 Å². The molecular formula is C26H18N4O4. The lowest BCUT2D eigenvalue weighted by Crippen LogP contribution is -2.09. The molecule has 0 saturated heterocycles. The highest BCUT2D eigenvalue weighted by Gasteiger charge is 2.19. The lowest BCUT2D eigenvalue weighted by Gasteiger charge is -2.19. The van der Waals surface area contributed by atoms with Gasteiger partial charge in [-0.15, -0.1) is 0 Å². The SMILES string of the molecule is [N-]=[N+]=CC(=O)OCc1ccc2ccccc2c1-c1c(COC(=O)C=[N+]=[N-])ccc2ccccc12. The number of nitrogens with zero attached hydrogens (tertiary/aromatic N) is 4. The van der Waals surface area contributed by atoms with Gasteiger partial charge in [0.2, 0.25) is 0 Å². The van der Waals surface area contributed by atoms with E-state index in [0.29, 0.717) is 12.4 Å². The van der Waals surface area contributed by atoms with Crippen molar-refractivity contribution < 1.29 is 28.6 Å². The molecule has 0 N–H and O–H groups in total. The Labute approximate surface area is 194 Å². The van der Waals surface area contributed by atoms with Crippen LogP contribution in [0.5, 0.6) is 0 Å². The van der Waals surface area contributed by atoms with Crippen LogP contribution in [0.4, 0.5) is 0 Å². The van der Waals surface area contributed by atoms with E-state index in [1.54, 1.807) is 0 Å². The Hall–Kier alpha value is -4.90. The number of rotatable bonds is 7. The second kappa shape index (κ2) is 10.1. The first-order chi connectivity index (χ1) is 16.6. The zero-order valence-electron chi connectivity index (χ0n) is 17.9. The highest BCUT2D eigenvalue weighted by Crippen LogP contribution is 2.39. The van der Waals surface area contributed by atoms with E-state index in [1.807, 2.05) is 72.8 Å². The predicted octanol–water partition coefficient (Wildman–Crippen LogP) is 4.35. The number of carbonyl (C=O) groups is 2. The Morgan fingerprint density at radius 1 is 0.647 bits per heavy atom. The standard InChI is InChI=1S/C26H18N4O4/c27-29-13-23(31)33-15-19-11-9-17-5-1-3-7-21(17)25(19)26-20(16-34-24(32)14-30-28)12-10-18-6-2-4-8-22(18)26/h1-14H,15-16H2. The molecule has 0 aliphatic heterocycles. The molecule has 166 valence electrons. The monoisotopic (exact) mass is 450 g/mol. The van der Waals surface area contributed by atoms with Crippen molar-refractivity contribution in [2.24, 2.45) is 0 Å². The van der Waals surface area contributed by atoms with Crippen molar-refractivity contribution in [3.63, 3.8) is 0 Å². The molecule has 0 unspecified atom stereocenters. The zero-order valence-corrected chi connectivity index (χ0v) is 17.9. The maximum atomic E-state index is 11.8. The number of hydrogen-bond acceptors (Lipinski definition) is 4. The zero-order chi connectivity index (χ0) is 23.9. The van der Waals surface area contributed by atoms with E-state index >= 15 is 0 Å². The Balaban J connectivity index is 1.96. The molecule has 0 aromatic heterocycles. The van der Waals surface area contributed by atoms with Gasteiger partial charge in [-0.3, -0.25) is 0 Å². The highest BCUT2D eigenvalue weighted by atomic mass is 16.5. The van der Waals surface area contributed by atoms with E-state index in [-0.39, 0.29) is 13.2 Å². The average molecular weight is 450 g/mol. The summed E-state index contributed by atoms with van der Waals surface area (Å²) in [7, 11) is 0. The molecule has 0 aliphatic rings. The van der Waals surface area contributed by atoms with Gasteiger partial charge in [-0.2, -0.15) is 9.58 Å². The van der Waals surface area contributed by atoms with E-state index in [0.717, 1.165) is 43.8 Å². The topological polar surface area (TPSA) is 125 Å². The van der Waals surface area contributed by atoms with E-state index < -0.39 is 11.9 Å². The first-order valence-corrected chi connectivity index (χ1v) is 10.3. The fraction of sp³-hybridized carbons (Fsp3) is 0.0769. The van der Waals surface area contributed by atoms with Gasteiger partial charge in [0.05, 0.1) is 0 Å². The van der Waals surface area contributed by atoms with Crippen molar-refractivity contribution in [1.82, 2.24) is 0 Å². The Bertz CT molecular complexity index is 1400. The number of carbonyl (C=O) groups excluding carboxylic acids is 2. The third kappa shape index (κ3) is 4.64. The van der Waals surface area contributed by atoms with Gasteiger partial charge in [-0.1, -0.05) is 72.8 Å². The molecule has 34 heavy (non-hydrogen) atoms. The van der Waals surface area contributed by atoms with Crippen LogP contribution >= 0.6 is 0 Å². The molecule has 0 aliphatic carbocycles. The molecule has 4 rings (SSSR count). The van der Waals surface area contributed by atoms with Gasteiger partial charge in [0.1, 0.15) is 13.2 Å². The van der Waals surface area contributed by atoms with Crippen LogP contribution in [0, 0.1) is 0 Å². The van der Waals surface area contributed by atoms with Gasteiger partial charge in [-0.25, -0.2) is 9.59 Å². The van der Waals surface area contributed by atoms with Crippen LogP contribution < -0.4 is 0 Å². The predicted molar refractivity (Wildman–Crippen MR) is 126 cm³/mol. The summed E-state index contributed by atoms with van der Waals surface area (Å²) in [6.07, 6.45) is 1.37. The quantitative estimate of drug-likeness (QED) is 0.180. The summed E-state index contributed by atoms with van der Waals surface area (Å²) in [5.74, 6) is -1.56. The maximum Gasteiger partial charge on any atom is 0.413 e. The summed E-state index contributed by atoms with van der Waals surface area (Å²) >= 11 is 0. The minimum Gasteiger partial charge on any atom is -0.452 e. The van der Waals surface area contributed by atoms with Crippen LogP contribution in [-0.2, 0) is 32.3 Å². The maximum absolute atomic E-state index is 11.8. The van der Waals surface area contributed by atoms with Gasteiger partial charge in [0.25, 0.3) is 0 Å². The van der Waals surface area contributed by atoms with E-state index in [4.69, 9.17) is 20.5 Å². The molecule has 0 spiro atoms. The van der Waals surface area contributed by atoms with Gasteiger partial charge in [0.15, 0.2) is 0 Å². The molecule has 8 nitrogen and oxygen atoms in total. The van der Waals surface area contributed by atoms with Crippen LogP contribution in [0.2, 0.25) is 0 Å². The first kappa shape index (κ1) is 22.3. The van der Waals surface area contributed by atoms with Crippen molar-refractivity contribution in [2.75, 3.05) is 0 Å². The summed E-state index contributed by atoms with van der Waals surface area (Å²) in [6.45, 7) is -0.130. The number of fused-ring (bicyclic) bond motifs is 2. The second-order valence-corrected chi connectivity index (χ2v) is 7.35. The van der Waals surface area contributed by atoms with Crippen LogP contribution in [0.3, 0.4) is 0 Å². The molecule has 4 aromatic carbocycles. The molecule has 0 fully saturated rings. The molecule has 4 aromatic rings. The molecule has 0 atom stereocenters. The van der Waals surface area contributed by atoms with Crippen LogP contribution in [0.25, 0.3) is 43.7 Å². The summed E-state index contributed by atoms with van der Waals surface area (Å²) in [4.78, 5) is 29.1. The summed E-state index contributed by atoms with van der Waals surface area (Å²) in [6, 6.07) is 23.2. The number of benzene rings is 4. The van der Waals surface area contributed by atoms with Crippen molar-refractivity contribution in [1.29, 1.82) is 0 Å². The third-order valence-corrected chi connectivity index (χ3v) is 5.35. The lowest BCUT2D eigenvalue weighted by molar-refractivity contribution is -0.140. The smallest absolute Gasteiger partial charge is 0.413 e. The summed E-state index contributed by atoms with van der Waals surface area (Å²) in [5, 5.41) is 3.81. The van der Waals surface area contributed by atoms with Gasteiger partial charge in [-0.05, 0) is 43.8 Å². The van der Waals surface area contributed by atoms with Crippen molar-refractivity contribution in [2.45, 2.75) is 13.2 Å². The molecule has 0 bridgehead atoms. The lowest BCUT2D eigenvalue weighted by atomic mass is 9.87. The third-order valence-electron chi connectivity index (χ3n) is 5.35.